The zero-order valence-electron chi connectivity index (χ0n) is 12.8. The minimum absolute atomic E-state index is 0.162. The summed E-state index contributed by atoms with van der Waals surface area (Å²) >= 11 is 0. The first-order valence-electron chi connectivity index (χ1n) is 7.97. The third-order valence-electron chi connectivity index (χ3n) is 5.55. The van der Waals surface area contributed by atoms with Crippen LogP contribution in [0.4, 0.5) is 11.4 Å². The number of hydrogen-bond acceptors (Lipinski definition) is 3. The maximum Gasteiger partial charge on any atom is 0.0609 e. The van der Waals surface area contributed by atoms with Crippen molar-refractivity contribution in [2.24, 2.45) is 11.7 Å². The molecule has 3 rings (SSSR count). The van der Waals surface area contributed by atoms with Crippen molar-refractivity contribution >= 4 is 11.4 Å². The van der Waals surface area contributed by atoms with E-state index in [2.05, 4.69) is 48.0 Å². The first-order valence-corrected chi connectivity index (χ1v) is 7.97. The van der Waals surface area contributed by atoms with Crippen molar-refractivity contribution in [1.82, 2.24) is 0 Å². The first kappa shape index (κ1) is 13.7. The smallest absolute Gasteiger partial charge is 0.0609 e. The zero-order chi connectivity index (χ0) is 14.2. The van der Waals surface area contributed by atoms with E-state index in [1.807, 2.05) is 0 Å². The molecule has 0 saturated heterocycles. The molecule has 0 radical (unpaired) electrons. The van der Waals surface area contributed by atoms with Gasteiger partial charge < -0.3 is 15.5 Å². The minimum Gasteiger partial charge on any atom is -0.371 e. The average Bonchev–Trinajstić information content (AvgIpc) is 2.49. The van der Waals surface area contributed by atoms with Crippen molar-refractivity contribution < 1.29 is 0 Å². The Kier molecular flexibility index (Phi) is 3.63. The van der Waals surface area contributed by atoms with E-state index in [4.69, 9.17) is 5.73 Å². The van der Waals surface area contributed by atoms with E-state index in [0.29, 0.717) is 5.92 Å². The largest absolute Gasteiger partial charge is 0.371 e. The fourth-order valence-electron chi connectivity index (χ4n) is 4.18. The maximum atomic E-state index is 6.30. The molecule has 1 aromatic carbocycles. The number of nitrogens with zero attached hydrogens (tertiary/aromatic N) is 2. The molecule has 3 nitrogen and oxygen atoms in total. The third-order valence-corrected chi connectivity index (χ3v) is 5.55. The Labute approximate surface area is 122 Å². The summed E-state index contributed by atoms with van der Waals surface area (Å²) in [6.45, 7) is 5.35. The molecule has 1 heterocycles. The number of likely N-dealkylation sites (N-methyl/N-ethyl adjacent to an activating group) is 1. The topological polar surface area (TPSA) is 32.5 Å². The predicted molar refractivity (Wildman–Crippen MR) is 86.5 cm³/mol. The molecule has 110 valence electrons. The molecule has 1 saturated carbocycles. The SMILES string of the molecule is CC1CCCCC1(CN)N1CCN(C)c2ccccc21. The van der Waals surface area contributed by atoms with E-state index in [9.17, 15) is 0 Å². The summed E-state index contributed by atoms with van der Waals surface area (Å²) < 4.78 is 0. The summed E-state index contributed by atoms with van der Waals surface area (Å²) in [6.07, 6.45) is 5.22. The molecule has 3 heteroatoms. The van der Waals surface area contributed by atoms with Gasteiger partial charge in [-0.15, -0.1) is 0 Å². The number of fused-ring (bicyclic) bond motifs is 1. The Morgan fingerprint density at radius 2 is 1.95 bits per heavy atom. The van der Waals surface area contributed by atoms with Gasteiger partial charge in [-0.05, 0) is 30.9 Å². The molecule has 1 aliphatic carbocycles. The first-order chi connectivity index (χ1) is 9.69. The van der Waals surface area contributed by atoms with E-state index >= 15 is 0 Å². The van der Waals surface area contributed by atoms with Crippen LogP contribution < -0.4 is 15.5 Å². The average molecular weight is 273 g/mol. The molecular formula is C17H27N3. The fraction of sp³-hybridized carbons (Fsp3) is 0.647. The van der Waals surface area contributed by atoms with Crippen molar-refractivity contribution in [3.8, 4) is 0 Å². The summed E-state index contributed by atoms with van der Waals surface area (Å²) in [5.41, 5.74) is 9.18. The van der Waals surface area contributed by atoms with Crippen molar-refractivity contribution in [2.75, 3.05) is 36.5 Å². The number of rotatable bonds is 2. The van der Waals surface area contributed by atoms with Crippen LogP contribution in [0.2, 0.25) is 0 Å². The van der Waals surface area contributed by atoms with Crippen LogP contribution in [0, 0.1) is 5.92 Å². The number of anilines is 2. The van der Waals surface area contributed by atoms with E-state index < -0.39 is 0 Å². The molecule has 2 unspecified atom stereocenters. The molecule has 1 aliphatic heterocycles. The molecular weight excluding hydrogens is 246 g/mol. The number of para-hydroxylation sites is 2. The van der Waals surface area contributed by atoms with Gasteiger partial charge in [0.05, 0.1) is 16.9 Å². The highest BCUT2D eigenvalue weighted by molar-refractivity contribution is 5.74. The van der Waals surface area contributed by atoms with Gasteiger partial charge in [-0.2, -0.15) is 0 Å². The standard InChI is InChI=1S/C17H27N3/c1-14-7-5-6-10-17(14,13-18)20-12-11-19(2)15-8-3-4-9-16(15)20/h3-4,8-9,14H,5-7,10-13,18H2,1-2H3. The predicted octanol–water partition coefficient (Wildman–Crippen LogP) is 2.85. The number of benzene rings is 1. The van der Waals surface area contributed by atoms with Gasteiger partial charge in [-0.25, -0.2) is 0 Å². The van der Waals surface area contributed by atoms with Gasteiger partial charge in [-0.1, -0.05) is 31.9 Å². The van der Waals surface area contributed by atoms with E-state index in [0.717, 1.165) is 19.6 Å². The van der Waals surface area contributed by atoms with E-state index in [1.165, 1.54) is 37.1 Å². The van der Waals surface area contributed by atoms with E-state index in [1.54, 1.807) is 0 Å². The van der Waals surface area contributed by atoms with Crippen LogP contribution in [0.3, 0.4) is 0 Å². The van der Waals surface area contributed by atoms with Crippen LogP contribution in [0.25, 0.3) is 0 Å². The van der Waals surface area contributed by atoms with Crippen LogP contribution in [0.15, 0.2) is 24.3 Å². The van der Waals surface area contributed by atoms with Crippen molar-refractivity contribution in [3.63, 3.8) is 0 Å². The van der Waals surface area contributed by atoms with E-state index in [-0.39, 0.29) is 5.54 Å². The summed E-state index contributed by atoms with van der Waals surface area (Å²) in [5.74, 6) is 0.678. The lowest BCUT2D eigenvalue weighted by molar-refractivity contribution is 0.196. The van der Waals surface area contributed by atoms with Gasteiger partial charge in [0.1, 0.15) is 0 Å². The number of nitrogens with two attached hydrogens (primary N) is 1. The lowest BCUT2D eigenvalue weighted by Gasteiger charge is -2.54. The molecule has 1 aromatic rings. The molecule has 0 bridgehead atoms. The lowest BCUT2D eigenvalue weighted by atomic mass is 9.72. The van der Waals surface area contributed by atoms with Gasteiger partial charge in [0.2, 0.25) is 0 Å². The summed E-state index contributed by atoms with van der Waals surface area (Å²) in [4.78, 5) is 5.00. The molecule has 2 aliphatic rings. The second kappa shape index (κ2) is 5.28. The minimum atomic E-state index is 0.162. The van der Waals surface area contributed by atoms with Crippen LogP contribution in [-0.4, -0.2) is 32.2 Å². The zero-order valence-corrected chi connectivity index (χ0v) is 12.8. The van der Waals surface area contributed by atoms with Gasteiger partial charge in [0, 0.05) is 26.7 Å². The Hall–Kier alpha value is -1.22. The summed E-state index contributed by atoms with van der Waals surface area (Å²) in [6, 6.07) is 8.80. The third kappa shape index (κ3) is 1.99. The van der Waals surface area contributed by atoms with Crippen molar-refractivity contribution in [3.05, 3.63) is 24.3 Å². The van der Waals surface area contributed by atoms with Crippen LogP contribution in [0.1, 0.15) is 32.6 Å². The lowest BCUT2D eigenvalue weighted by Crippen LogP contribution is -2.62. The molecule has 1 fully saturated rings. The maximum absolute atomic E-state index is 6.30. The Morgan fingerprint density at radius 3 is 2.65 bits per heavy atom. The second-order valence-corrected chi connectivity index (χ2v) is 6.52. The Bertz CT molecular complexity index is 473. The van der Waals surface area contributed by atoms with Crippen LogP contribution in [-0.2, 0) is 0 Å². The highest BCUT2D eigenvalue weighted by Crippen LogP contribution is 2.44. The fourth-order valence-corrected chi connectivity index (χ4v) is 4.18. The molecule has 0 spiro atoms. The van der Waals surface area contributed by atoms with Gasteiger partial charge in [0.25, 0.3) is 0 Å². The molecule has 0 amide bonds. The molecule has 2 N–H and O–H groups in total. The summed E-state index contributed by atoms with van der Waals surface area (Å²) in [5, 5.41) is 0. The Morgan fingerprint density at radius 1 is 1.20 bits per heavy atom. The van der Waals surface area contributed by atoms with Gasteiger partial charge in [-0.3, -0.25) is 0 Å². The normalized spacial score (nSPS) is 30.2. The highest BCUT2D eigenvalue weighted by atomic mass is 15.3. The Balaban J connectivity index is 2.03. The second-order valence-electron chi connectivity index (χ2n) is 6.52. The summed E-state index contributed by atoms with van der Waals surface area (Å²) in [7, 11) is 2.19. The van der Waals surface area contributed by atoms with Crippen LogP contribution in [0.5, 0.6) is 0 Å². The quantitative estimate of drug-likeness (QED) is 0.899. The molecule has 20 heavy (non-hydrogen) atoms. The van der Waals surface area contributed by atoms with Crippen molar-refractivity contribution in [1.29, 1.82) is 0 Å². The monoisotopic (exact) mass is 273 g/mol. The molecule has 2 atom stereocenters. The van der Waals surface area contributed by atoms with Crippen molar-refractivity contribution in [2.45, 2.75) is 38.1 Å². The molecule has 0 aromatic heterocycles. The number of hydrogen-bond donors (Lipinski definition) is 1. The highest BCUT2D eigenvalue weighted by Gasteiger charge is 2.43. The van der Waals surface area contributed by atoms with Gasteiger partial charge in [0.15, 0.2) is 0 Å². The van der Waals surface area contributed by atoms with Gasteiger partial charge >= 0.3 is 0 Å². The van der Waals surface area contributed by atoms with Crippen LogP contribution >= 0.6 is 0 Å².